The number of nitrogens with zero attached hydrogens (tertiary/aromatic N) is 6. The van der Waals surface area contributed by atoms with Crippen molar-refractivity contribution in [2.24, 2.45) is 30.5 Å². The summed E-state index contributed by atoms with van der Waals surface area (Å²) in [6, 6.07) is 0. The number of rotatable bonds is 16. The Balaban J connectivity index is 1.99. The van der Waals surface area contributed by atoms with E-state index in [4.69, 9.17) is 21.7 Å². The largest absolute Gasteiger partial charge is 0.369 e. The average molecular weight is 625 g/mol. The summed E-state index contributed by atoms with van der Waals surface area (Å²) >= 11 is 3.20. The maximum atomic E-state index is 11.5. The number of nitrogens with two attached hydrogens (primary N) is 4. The summed E-state index contributed by atoms with van der Waals surface area (Å²) in [5.41, 5.74) is 15.7. The molecule has 10 N–H and O–H groups in total. The van der Waals surface area contributed by atoms with Crippen LogP contribution in [0.1, 0.15) is 29.2 Å². The van der Waals surface area contributed by atoms with E-state index in [2.05, 4.69) is 28.7 Å². The van der Waals surface area contributed by atoms with Crippen LogP contribution < -0.4 is 21.7 Å². The molecule has 0 aliphatic carbocycles. The van der Waals surface area contributed by atoms with Crippen LogP contribution >= 0.6 is 23.5 Å². The topological polar surface area (TPSA) is 261 Å². The van der Waals surface area contributed by atoms with Crippen LogP contribution in [0.5, 0.6) is 0 Å². The minimum absolute atomic E-state index is 0.239. The van der Waals surface area contributed by atoms with Crippen LogP contribution in [-0.4, -0.2) is 96.2 Å². The van der Waals surface area contributed by atoms with E-state index in [-0.39, 0.29) is 11.9 Å². The van der Waals surface area contributed by atoms with Crippen LogP contribution in [-0.2, 0) is 31.9 Å². The van der Waals surface area contributed by atoms with Gasteiger partial charge in [0.25, 0.3) is 0 Å². The third-order valence-corrected chi connectivity index (χ3v) is 8.08. The number of imidazole rings is 2. The van der Waals surface area contributed by atoms with Gasteiger partial charge < -0.3 is 31.2 Å². The molecule has 220 valence electrons. The van der Waals surface area contributed by atoms with Crippen LogP contribution in [0, 0.1) is 13.8 Å². The zero-order valence-electron chi connectivity index (χ0n) is 21.8. The van der Waals surface area contributed by atoms with Crippen molar-refractivity contribution < 1.29 is 16.8 Å². The molecular weight excluding hydrogens is 589 g/mol. The first-order valence-corrected chi connectivity index (χ1v) is 17.0. The molecule has 20 heteroatoms. The standard InChI is InChI=1S/C19H36N12O4S4/c1-14-16(26-12-24-14)10-36-8-6-30(18(20)28-38(22,32)33)4-3-5-31(19(21)29-39(23,34)35)7-9-37-11-17-15(2)25-13-27-17/h12-13H,3-11H2,1-2H3,(H2,20,28)(H2,21,29)(H,24,26)(H,25,27)(H2,22,32,33)(H2,23,34,35). The Labute approximate surface area is 237 Å². The molecule has 0 amide bonds. The molecule has 0 spiro atoms. The van der Waals surface area contributed by atoms with Gasteiger partial charge in [-0.25, -0.2) is 20.2 Å². The van der Waals surface area contributed by atoms with Crippen molar-refractivity contribution in [2.75, 3.05) is 37.7 Å². The number of aryl methyl sites for hydroxylation is 2. The maximum Gasteiger partial charge on any atom is 0.320 e. The molecule has 2 rings (SSSR count). The number of hydrogen-bond donors (Lipinski definition) is 6. The molecule has 0 aromatic carbocycles. The van der Waals surface area contributed by atoms with Gasteiger partial charge in [-0.1, -0.05) is 0 Å². The number of thioether (sulfide) groups is 2. The smallest absolute Gasteiger partial charge is 0.320 e. The lowest BCUT2D eigenvalue weighted by Crippen LogP contribution is -2.44. The third-order valence-electron chi connectivity index (χ3n) is 5.30. The Hall–Kier alpha value is -2.52. The van der Waals surface area contributed by atoms with Crippen molar-refractivity contribution in [3.63, 3.8) is 0 Å². The van der Waals surface area contributed by atoms with Gasteiger partial charge in [-0.2, -0.15) is 40.4 Å². The number of H-pyrrole nitrogens is 2. The minimum atomic E-state index is -4.19. The Bertz CT molecular complexity index is 1220. The number of aromatic amines is 2. The predicted octanol–water partition coefficient (Wildman–Crippen LogP) is -1.05. The van der Waals surface area contributed by atoms with Crippen molar-refractivity contribution in [2.45, 2.75) is 31.8 Å². The lowest BCUT2D eigenvalue weighted by molar-refractivity contribution is 0.371. The van der Waals surface area contributed by atoms with Gasteiger partial charge in [0.1, 0.15) is 0 Å². The first-order chi connectivity index (χ1) is 18.2. The summed E-state index contributed by atoms with van der Waals surface area (Å²) in [7, 11) is -8.38. The van der Waals surface area contributed by atoms with Crippen LogP contribution in [0.3, 0.4) is 0 Å². The summed E-state index contributed by atoms with van der Waals surface area (Å²) in [4.78, 5) is 17.7. The second-order valence-corrected chi connectivity index (χ2v) is 12.9. The van der Waals surface area contributed by atoms with E-state index in [1.165, 1.54) is 0 Å². The van der Waals surface area contributed by atoms with Gasteiger partial charge in [0.2, 0.25) is 11.9 Å². The highest BCUT2D eigenvalue weighted by atomic mass is 32.2. The fourth-order valence-corrected chi connectivity index (χ4v) is 5.97. The molecule has 0 saturated carbocycles. The highest BCUT2D eigenvalue weighted by Crippen LogP contribution is 2.14. The van der Waals surface area contributed by atoms with E-state index in [1.54, 1.807) is 46.0 Å². The van der Waals surface area contributed by atoms with Gasteiger partial charge in [0.15, 0.2) is 0 Å². The highest BCUT2D eigenvalue weighted by Gasteiger charge is 2.15. The SMILES string of the molecule is Cc1[nH]cnc1CSCCN(CCCN(CCSCc1nc[nH]c1C)C(N)=NS(N)(=O)=O)C(N)=NS(N)(=O)=O. The molecule has 2 aromatic heterocycles. The van der Waals surface area contributed by atoms with Gasteiger partial charge in [0.05, 0.1) is 24.0 Å². The second kappa shape index (κ2) is 15.3. The minimum Gasteiger partial charge on any atom is -0.369 e. The van der Waals surface area contributed by atoms with E-state index in [9.17, 15) is 16.8 Å². The highest BCUT2D eigenvalue weighted by molar-refractivity contribution is 7.98. The molecule has 2 aromatic rings. The van der Waals surface area contributed by atoms with Crippen LogP contribution in [0.2, 0.25) is 0 Å². The molecule has 39 heavy (non-hydrogen) atoms. The van der Waals surface area contributed by atoms with Gasteiger partial charge in [0, 0.05) is 60.6 Å². The van der Waals surface area contributed by atoms with Crippen molar-refractivity contribution in [1.82, 2.24) is 29.7 Å². The molecule has 0 atom stereocenters. The Kier molecular flexibility index (Phi) is 12.8. The summed E-state index contributed by atoms with van der Waals surface area (Å²) in [6.45, 7) is 5.23. The zero-order chi connectivity index (χ0) is 29.1. The molecule has 0 radical (unpaired) electrons. The lowest BCUT2D eigenvalue weighted by Gasteiger charge is -2.27. The molecule has 0 bridgehead atoms. The third kappa shape index (κ3) is 12.9. The number of hydrogen-bond acceptors (Lipinski definition) is 8. The predicted molar refractivity (Wildman–Crippen MR) is 156 cm³/mol. The van der Waals surface area contributed by atoms with Crippen LogP contribution in [0.25, 0.3) is 0 Å². The van der Waals surface area contributed by atoms with Crippen LogP contribution in [0.15, 0.2) is 21.5 Å². The van der Waals surface area contributed by atoms with E-state index < -0.39 is 20.4 Å². The molecule has 2 heterocycles. The maximum absolute atomic E-state index is 11.5. The van der Waals surface area contributed by atoms with E-state index >= 15 is 0 Å². The van der Waals surface area contributed by atoms with Gasteiger partial charge in [-0.3, -0.25) is 0 Å². The number of aromatic nitrogens is 4. The van der Waals surface area contributed by atoms with E-state index in [1.807, 2.05) is 13.8 Å². The molecule has 0 aliphatic heterocycles. The molecule has 0 fully saturated rings. The first-order valence-electron chi connectivity index (χ1n) is 11.6. The van der Waals surface area contributed by atoms with E-state index in [0.717, 1.165) is 22.8 Å². The Morgan fingerprint density at radius 3 is 1.49 bits per heavy atom. The van der Waals surface area contributed by atoms with E-state index in [0.29, 0.717) is 55.6 Å². The average Bonchev–Trinajstić information content (AvgIpc) is 3.41. The van der Waals surface area contributed by atoms with Gasteiger partial charge >= 0.3 is 20.4 Å². The Morgan fingerprint density at radius 2 is 1.18 bits per heavy atom. The molecule has 0 aliphatic rings. The molecular formula is C19H36N12O4S4. The fourth-order valence-electron chi connectivity index (χ4n) is 3.26. The molecule has 0 saturated heterocycles. The van der Waals surface area contributed by atoms with Gasteiger partial charge in [-0.05, 0) is 20.3 Å². The zero-order valence-corrected chi connectivity index (χ0v) is 25.0. The number of guanidine groups is 2. The van der Waals surface area contributed by atoms with Crippen molar-refractivity contribution >= 4 is 55.9 Å². The molecule has 0 unspecified atom stereocenters. The lowest BCUT2D eigenvalue weighted by atomic mass is 10.3. The summed E-state index contributed by atoms with van der Waals surface area (Å²) < 4.78 is 52.7. The number of nitrogens with one attached hydrogen (secondary N) is 2. The second-order valence-electron chi connectivity index (χ2n) is 8.31. The summed E-state index contributed by atoms with van der Waals surface area (Å²) in [5, 5.41) is 10.1. The fraction of sp³-hybridized carbons (Fsp3) is 0.579. The summed E-state index contributed by atoms with van der Waals surface area (Å²) in [6.07, 6.45) is 3.68. The monoisotopic (exact) mass is 624 g/mol. The normalized spacial score (nSPS) is 13.1. The Morgan fingerprint density at radius 1 is 0.795 bits per heavy atom. The molecule has 16 nitrogen and oxygen atoms in total. The van der Waals surface area contributed by atoms with Crippen molar-refractivity contribution in [3.05, 3.63) is 35.4 Å². The van der Waals surface area contributed by atoms with Crippen molar-refractivity contribution in [1.29, 1.82) is 0 Å². The van der Waals surface area contributed by atoms with Crippen molar-refractivity contribution in [3.8, 4) is 0 Å². The summed E-state index contributed by atoms with van der Waals surface area (Å²) in [5.74, 6) is 2.07. The first kappa shape index (κ1) is 32.7. The van der Waals surface area contributed by atoms with Crippen LogP contribution in [0.4, 0.5) is 0 Å². The van der Waals surface area contributed by atoms with Gasteiger partial charge in [-0.15, -0.1) is 8.80 Å². The quantitative estimate of drug-likeness (QED) is 0.0742.